The van der Waals surface area contributed by atoms with Gasteiger partial charge in [-0.25, -0.2) is 5.01 Å². The molecule has 8 heteroatoms. The lowest BCUT2D eigenvalue weighted by Crippen LogP contribution is -2.61. The van der Waals surface area contributed by atoms with Crippen LogP contribution in [0.1, 0.15) is 29.2 Å². The summed E-state index contributed by atoms with van der Waals surface area (Å²) >= 11 is 8.22. The van der Waals surface area contributed by atoms with E-state index in [2.05, 4.69) is 55.4 Å². The molecule has 33 heavy (non-hydrogen) atoms. The van der Waals surface area contributed by atoms with Crippen molar-refractivity contribution in [2.45, 2.75) is 18.3 Å². The molecule has 1 spiro atoms. The third kappa shape index (κ3) is 3.61. The van der Waals surface area contributed by atoms with E-state index < -0.39 is 5.85 Å². The molecule has 2 atom stereocenters. The second-order valence-corrected chi connectivity index (χ2v) is 10.8. The van der Waals surface area contributed by atoms with E-state index in [1.165, 1.54) is 0 Å². The Morgan fingerprint density at radius 2 is 1.82 bits per heavy atom. The van der Waals surface area contributed by atoms with Crippen molar-refractivity contribution in [2.75, 3.05) is 0 Å². The summed E-state index contributed by atoms with van der Waals surface area (Å²) in [5, 5.41) is 9.86. The number of ether oxygens (including phenoxy) is 1. The lowest BCUT2D eigenvalue weighted by Gasteiger charge is -2.45. The van der Waals surface area contributed by atoms with Crippen LogP contribution in [0.5, 0.6) is 5.75 Å². The molecule has 6 rings (SSSR count). The summed E-state index contributed by atoms with van der Waals surface area (Å²) in [6, 6.07) is 24.0. The van der Waals surface area contributed by atoms with Gasteiger partial charge in [0.15, 0.2) is 0 Å². The highest BCUT2D eigenvalue weighted by Gasteiger charge is 2.58. The summed E-state index contributed by atoms with van der Waals surface area (Å²) < 4.78 is 8.55. The molecule has 1 N–H and O–H groups in total. The SMILES string of the molecule is O=C1NC2(Oc3ccc(Br)cc3C3CC(c4ccccc4)=NN32)/C(=C/c2ccc(Br)cc2)S1. The van der Waals surface area contributed by atoms with Crippen molar-refractivity contribution in [3.63, 3.8) is 0 Å². The highest BCUT2D eigenvalue weighted by molar-refractivity contribution is 9.10. The number of hydrazone groups is 1. The van der Waals surface area contributed by atoms with Crippen molar-refractivity contribution in [1.29, 1.82) is 0 Å². The molecular formula is C25H17Br2N3O2S. The Kier molecular flexibility index (Phi) is 5.12. The number of carbonyl (C=O) groups excluding carboxylic acids is 1. The molecule has 2 unspecified atom stereocenters. The molecule has 0 bridgehead atoms. The number of fused-ring (bicyclic) bond motifs is 4. The van der Waals surface area contributed by atoms with E-state index in [0.29, 0.717) is 6.42 Å². The second kappa shape index (κ2) is 8.04. The van der Waals surface area contributed by atoms with E-state index >= 15 is 0 Å². The topological polar surface area (TPSA) is 53.9 Å². The molecule has 0 radical (unpaired) electrons. The Balaban J connectivity index is 1.52. The number of nitrogens with one attached hydrogen (secondary N) is 1. The van der Waals surface area contributed by atoms with Crippen molar-refractivity contribution in [3.8, 4) is 5.75 Å². The van der Waals surface area contributed by atoms with Gasteiger partial charge < -0.3 is 4.74 Å². The molecule has 164 valence electrons. The van der Waals surface area contributed by atoms with Crippen LogP contribution in [0.4, 0.5) is 4.79 Å². The van der Waals surface area contributed by atoms with E-state index in [-0.39, 0.29) is 11.3 Å². The van der Waals surface area contributed by atoms with Gasteiger partial charge in [-0.1, -0.05) is 74.3 Å². The molecule has 3 aliphatic heterocycles. The Labute approximate surface area is 212 Å². The molecule has 0 saturated carbocycles. The number of benzene rings is 3. The van der Waals surface area contributed by atoms with Crippen LogP contribution in [0.2, 0.25) is 0 Å². The van der Waals surface area contributed by atoms with Crippen LogP contribution in [0, 0.1) is 0 Å². The molecule has 1 saturated heterocycles. The van der Waals surface area contributed by atoms with Crippen molar-refractivity contribution in [3.05, 3.63) is 103 Å². The Morgan fingerprint density at radius 3 is 2.61 bits per heavy atom. The van der Waals surface area contributed by atoms with Crippen LogP contribution in [0.3, 0.4) is 0 Å². The largest absolute Gasteiger partial charge is 0.444 e. The van der Waals surface area contributed by atoms with Crippen LogP contribution in [0.15, 0.2) is 91.7 Å². The average molecular weight is 583 g/mol. The number of halogens is 2. The van der Waals surface area contributed by atoms with Gasteiger partial charge in [0, 0.05) is 20.9 Å². The summed E-state index contributed by atoms with van der Waals surface area (Å²) in [5.74, 6) is -0.454. The van der Waals surface area contributed by atoms with Gasteiger partial charge in [-0.15, -0.1) is 0 Å². The van der Waals surface area contributed by atoms with Crippen LogP contribution < -0.4 is 10.1 Å². The summed E-state index contributed by atoms with van der Waals surface area (Å²) in [6.07, 6.45) is 2.70. The minimum atomic E-state index is -1.20. The van der Waals surface area contributed by atoms with E-state index in [1.807, 2.05) is 65.7 Å². The van der Waals surface area contributed by atoms with Gasteiger partial charge in [0.05, 0.1) is 16.7 Å². The zero-order valence-corrected chi connectivity index (χ0v) is 21.2. The summed E-state index contributed by atoms with van der Waals surface area (Å²) in [4.78, 5) is 13.5. The van der Waals surface area contributed by atoms with Crippen molar-refractivity contribution < 1.29 is 9.53 Å². The number of nitrogens with zero attached hydrogens (tertiary/aromatic N) is 2. The van der Waals surface area contributed by atoms with Gasteiger partial charge >= 0.3 is 5.85 Å². The summed E-state index contributed by atoms with van der Waals surface area (Å²) in [5.41, 5.74) is 4.04. The first-order valence-electron chi connectivity index (χ1n) is 10.4. The van der Waals surface area contributed by atoms with Crippen molar-refractivity contribution in [1.82, 2.24) is 10.3 Å². The highest BCUT2D eigenvalue weighted by atomic mass is 79.9. The number of rotatable bonds is 2. The van der Waals surface area contributed by atoms with Crippen LogP contribution in [0.25, 0.3) is 6.08 Å². The molecule has 3 aromatic carbocycles. The van der Waals surface area contributed by atoms with Crippen molar-refractivity contribution >= 4 is 60.6 Å². The van der Waals surface area contributed by atoms with Gasteiger partial charge in [-0.05, 0) is 59.3 Å². The molecule has 1 fully saturated rings. The van der Waals surface area contributed by atoms with Gasteiger partial charge in [-0.3, -0.25) is 10.1 Å². The number of carbonyl (C=O) groups is 1. The minimum absolute atomic E-state index is 0.0752. The molecular weight excluding hydrogens is 566 g/mol. The molecule has 3 aliphatic rings. The predicted molar refractivity (Wildman–Crippen MR) is 138 cm³/mol. The average Bonchev–Trinajstić information content (AvgIpc) is 3.40. The Bertz CT molecular complexity index is 1330. The Morgan fingerprint density at radius 1 is 1.06 bits per heavy atom. The fraction of sp³-hybridized carbons (Fsp3) is 0.120. The number of amides is 1. The number of thioether (sulfide) groups is 1. The highest BCUT2D eigenvalue weighted by Crippen LogP contribution is 2.53. The number of hydrogen-bond acceptors (Lipinski definition) is 5. The van der Waals surface area contributed by atoms with Crippen LogP contribution >= 0.6 is 43.6 Å². The smallest absolute Gasteiger partial charge is 0.314 e. The predicted octanol–water partition coefficient (Wildman–Crippen LogP) is 6.91. The van der Waals surface area contributed by atoms with Crippen LogP contribution in [-0.4, -0.2) is 21.8 Å². The lowest BCUT2D eigenvalue weighted by molar-refractivity contribution is -0.0949. The molecule has 3 aromatic rings. The molecule has 1 amide bonds. The van der Waals surface area contributed by atoms with Gasteiger partial charge in [0.25, 0.3) is 5.24 Å². The fourth-order valence-corrected chi connectivity index (χ4v) is 5.96. The quantitative estimate of drug-likeness (QED) is 0.357. The molecule has 0 aromatic heterocycles. The van der Waals surface area contributed by atoms with E-state index in [4.69, 9.17) is 9.84 Å². The maximum absolute atomic E-state index is 12.7. The second-order valence-electron chi connectivity index (χ2n) is 7.98. The maximum atomic E-state index is 12.7. The molecule has 3 heterocycles. The first-order valence-corrected chi connectivity index (χ1v) is 12.8. The standard InChI is InChI=1S/C25H17Br2N3O2S/c26-17-8-6-15(7-9-17)12-23-25(28-24(31)33-23)30-21(19-13-18(27)10-11-22(19)32-25)14-20(29-30)16-4-2-1-3-5-16/h1-13,21H,14H2,(H,28,31)/b23-12-. The van der Waals surface area contributed by atoms with Gasteiger partial charge in [0.1, 0.15) is 5.75 Å². The normalized spacial score (nSPS) is 24.4. The zero-order valence-electron chi connectivity index (χ0n) is 17.2. The fourth-order valence-electron chi connectivity index (χ4n) is 4.40. The first kappa shape index (κ1) is 21.0. The van der Waals surface area contributed by atoms with E-state index in [1.54, 1.807) is 0 Å². The first-order chi connectivity index (χ1) is 16.0. The molecule has 0 aliphatic carbocycles. The maximum Gasteiger partial charge on any atom is 0.314 e. The monoisotopic (exact) mass is 581 g/mol. The summed E-state index contributed by atoms with van der Waals surface area (Å²) in [7, 11) is 0. The minimum Gasteiger partial charge on any atom is -0.444 e. The molecule has 5 nitrogen and oxygen atoms in total. The van der Waals surface area contributed by atoms with Gasteiger partial charge in [-0.2, -0.15) is 5.10 Å². The van der Waals surface area contributed by atoms with Gasteiger partial charge in [0.2, 0.25) is 0 Å². The lowest BCUT2D eigenvalue weighted by atomic mass is 9.95. The summed E-state index contributed by atoms with van der Waals surface area (Å²) in [6.45, 7) is 0. The van der Waals surface area contributed by atoms with Crippen molar-refractivity contribution in [2.24, 2.45) is 5.10 Å². The van der Waals surface area contributed by atoms with E-state index in [0.717, 1.165) is 53.8 Å². The number of hydrogen-bond donors (Lipinski definition) is 1. The zero-order chi connectivity index (χ0) is 22.6. The third-order valence-corrected chi connectivity index (χ3v) is 7.83. The third-order valence-electron chi connectivity index (χ3n) is 5.90. The van der Waals surface area contributed by atoms with E-state index in [9.17, 15) is 4.79 Å². The van der Waals surface area contributed by atoms with Crippen LogP contribution in [-0.2, 0) is 0 Å². The Hall–Kier alpha value is -2.55.